The van der Waals surface area contributed by atoms with Gasteiger partial charge in [0.1, 0.15) is 6.21 Å². The van der Waals surface area contributed by atoms with Gasteiger partial charge in [-0.2, -0.15) is 0 Å². The summed E-state index contributed by atoms with van der Waals surface area (Å²) in [6.07, 6.45) is 6.72. The lowest BCUT2D eigenvalue weighted by atomic mass is 9.94. The summed E-state index contributed by atoms with van der Waals surface area (Å²) in [6.45, 7) is 3.77. The number of likely N-dealkylation sites (N-methyl/N-ethyl adjacent to an activating group) is 1. The average Bonchev–Trinajstić information content (AvgIpc) is 2.61. The molecule has 1 aliphatic carbocycles. The number of nitrogens with one attached hydrogen (secondary N) is 1. The van der Waals surface area contributed by atoms with Crippen molar-refractivity contribution < 1.29 is 14.4 Å². The topological polar surface area (TPSA) is 71.0 Å². The summed E-state index contributed by atoms with van der Waals surface area (Å²) < 4.78 is 0. The molecular weight excluding hydrogens is 318 g/mol. The molecule has 25 heavy (non-hydrogen) atoms. The van der Waals surface area contributed by atoms with Crippen LogP contribution in [0.15, 0.2) is 23.4 Å². The van der Waals surface area contributed by atoms with Crippen LogP contribution in [-0.2, 0) is 14.4 Å². The fraction of sp³-hybridized carbons (Fsp3) is 0.526. The lowest BCUT2D eigenvalue weighted by Crippen LogP contribution is -2.40. The number of aryl methyl sites for hydroxylation is 2. The number of carbonyl (C=O) groups is 2. The zero-order valence-electron chi connectivity index (χ0n) is 15.2. The maximum absolute atomic E-state index is 12.1. The number of benzene rings is 1. The van der Waals surface area contributed by atoms with Gasteiger partial charge in [0.2, 0.25) is 0 Å². The second-order valence-electron chi connectivity index (χ2n) is 6.61. The van der Waals surface area contributed by atoms with Crippen molar-refractivity contribution in [2.75, 3.05) is 19.0 Å². The Morgan fingerprint density at radius 2 is 2.00 bits per heavy atom. The highest BCUT2D eigenvalue weighted by Gasteiger charge is 2.22. The van der Waals surface area contributed by atoms with Gasteiger partial charge in [0.15, 0.2) is 6.61 Å². The molecule has 136 valence electrons. The van der Waals surface area contributed by atoms with E-state index in [2.05, 4.69) is 10.5 Å². The maximum atomic E-state index is 12.1. The van der Waals surface area contributed by atoms with E-state index < -0.39 is 0 Å². The van der Waals surface area contributed by atoms with Crippen LogP contribution in [-0.4, -0.2) is 42.6 Å². The Bertz CT molecular complexity index is 637. The minimum Gasteiger partial charge on any atom is -0.386 e. The summed E-state index contributed by atoms with van der Waals surface area (Å²) in [4.78, 5) is 30.6. The van der Waals surface area contributed by atoms with Gasteiger partial charge in [-0.25, -0.2) is 0 Å². The Kier molecular flexibility index (Phi) is 6.98. The Morgan fingerprint density at radius 1 is 1.28 bits per heavy atom. The van der Waals surface area contributed by atoms with E-state index in [0.717, 1.165) is 35.9 Å². The number of carbonyl (C=O) groups excluding carboxylic acids is 2. The Morgan fingerprint density at radius 3 is 2.68 bits per heavy atom. The third kappa shape index (κ3) is 5.89. The van der Waals surface area contributed by atoms with Crippen molar-refractivity contribution in [1.29, 1.82) is 0 Å². The summed E-state index contributed by atoms with van der Waals surface area (Å²) in [7, 11) is 1.80. The molecular formula is C19H27N3O3. The monoisotopic (exact) mass is 345 g/mol. The van der Waals surface area contributed by atoms with Crippen LogP contribution in [0, 0.1) is 13.8 Å². The van der Waals surface area contributed by atoms with Crippen LogP contribution in [0.2, 0.25) is 0 Å². The van der Waals surface area contributed by atoms with Crippen LogP contribution < -0.4 is 5.32 Å². The fourth-order valence-electron chi connectivity index (χ4n) is 3.07. The van der Waals surface area contributed by atoms with Crippen LogP contribution >= 0.6 is 0 Å². The van der Waals surface area contributed by atoms with Crippen LogP contribution in [0.3, 0.4) is 0 Å². The molecule has 0 unspecified atom stereocenters. The third-order valence-electron chi connectivity index (χ3n) is 4.59. The number of hydrogen-bond donors (Lipinski definition) is 1. The van der Waals surface area contributed by atoms with Crippen molar-refractivity contribution in [3.63, 3.8) is 0 Å². The molecule has 0 aliphatic heterocycles. The van der Waals surface area contributed by atoms with Gasteiger partial charge in [-0.15, -0.1) is 0 Å². The lowest BCUT2D eigenvalue weighted by molar-refractivity contribution is -0.137. The predicted octanol–water partition coefficient (Wildman–Crippen LogP) is 3.04. The van der Waals surface area contributed by atoms with E-state index >= 15 is 0 Å². The summed E-state index contributed by atoms with van der Waals surface area (Å²) in [5.74, 6) is -0.501. The van der Waals surface area contributed by atoms with E-state index in [0.29, 0.717) is 6.04 Å². The van der Waals surface area contributed by atoms with Gasteiger partial charge in [0.25, 0.3) is 11.8 Å². The van der Waals surface area contributed by atoms with Crippen LogP contribution in [0.4, 0.5) is 5.69 Å². The summed E-state index contributed by atoms with van der Waals surface area (Å²) in [6, 6.07) is 6.06. The van der Waals surface area contributed by atoms with Crippen molar-refractivity contribution in [2.45, 2.75) is 52.0 Å². The normalized spacial score (nSPS) is 15.2. The zero-order valence-corrected chi connectivity index (χ0v) is 15.2. The molecule has 6 nitrogen and oxygen atoms in total. The first-order valence-electron chi connectivity index (χ1n) is 8.76. The minimum absolute atomic E-state index is 0.112. The number of hydrogen-bond acceptors (Lipinski definition) is 4. The van der Waals surface area contributed by atoms with Crippen molar-refractivity contribution in [2.24, 2.45) is 5.16 Å². The largest absolute Gasteiger partial charge is 0.386 e. The number of anilines is 1. The molecule has 0 aromatic heterocycles. The standard InChI is InChI=1S/C19H27N3O3/c1-14-9-10-17(15(2)11-14)21-18(23)12-20-25-13-19(24)22(3)16-7-5-4-6-8-16/h9-12,16H,4-8,13H2,1-3H3,(H,21,23)/b20-12-. The number of amides is 2. The van der Waals surface area contributed by atoms with Crippen LogP contribution in [0.1, 0.15) is 43.2 Å². The first kappa shape index (κ1) is 19.0. The second-order valence-corrected chi connectivity index (χ2v) is 6.61. The molecule has 1 aromatic carbocycles. The molecule has 0 saturated heterocycles. The van der Waals surface area contributed by atoms with E-state index in [-0.39, 0.29) is 18.4 Å². The van der Waals surface area contributed by atoms with Crippen molar-refractivity contribution in [3.05, 3.63) is 29.3 Å². The highest BCUT2D eigenvalue weighted by molar-refractivity contribution is 6.31. The predicted molar refractivity (Wildman–Crippen MR) is 98.6 cm³/mol. The smallest absolute Gasteiger partial charge is 0.270 e. The number of rotatable bonds is 6. The minimum atomic E-state index is -0.389. The molecule has 1 saturated carbocycles. The van der Waals surface area contributed by atoms with Gasteiger partial charge >= 0.3 is 0 Å². The molecule has 2 amide bonds. The molecule has 0 radical (unpaired) electrons. The van der Waals surface area contributed by atoms with Crippen LogP contribution in [0.25, 0.3) is 0 Å². The Labute approximate surface area is 149 Å². The Hall–Kier alpha value is -2.37. The van der Waals surface area contributed by atoms with E-state index in [4.69, 9.17) is 4.84 Å². The molecule has 2 rings (SSSR count). The fourth-order valence-corrected chi connectivity index (χ4v) is 3.07. The van der Waals surface area contributed by atoms with Crippen molar-refractivity contribution in [3.8, 4) is 0 Å². The first-order valence-corrected chi connectivity index (χ1v) is 8.76. The molecule has 1 fully saturated rings. The van der Waals surface area contributed by atoms with Crippen LogP contribution in [0.5, 0.6) is 0 Å². The van der Waals surface area contributed by atoms with Gasteiger partial charge in [-0.1, -0.05) is 42.1 Å². The molecule has 0 atom stereocenters. The van der Waals surface area contributed by atoms with Gasteiger partial charge < -0.3 is 15.1 Å². The van der Waals surface area contributed by atoms with E-state index in [1.807, 2.05) is 32.0 Å². The van der Waals surface area contributed by atoms with Crippen molar-refractivity contribution in [1.82, 2.24) is 4.90 Å². The SMILES string of the molecule is Cc1ccc(NC(=O)/C=N\OCC(=O)N(C)C2CCCCC2)c(C)c1. The highest BCUT2D eigenvalue weighted by atomic mass is 16.6. The molecule has 0 spiro atoms. The van der Waals surface area contributed by atoms with Gasteiger partial charge in [0, 0.05) is 18.8 Å². The zero-order chi connectivity index (χ0) is 18.2. The molecule has 1 aromatic rings. The Balaban J connectivity index is 1.74. The summed E-state index contributed by atoms with van der Waals surface area (Å²) in [5.41, 5.74) is 2.84. The molecule has 0 heterocycles. The molecule has 1 aliphatic rings. The molecule has 6 heteroatoms. The maximum Gasteiger partial charge on any atom is 0.270 e. The first-order chi connectivity index (χ1) is 12.0. The van der Waals surface area contributed by atoms with Gasteiger partial charge in [0.05, 0.1) is 0 Å². The molecule has 1 N–H and O–H groups in total. The highest BCUT2D eigenvalue weighted by Crippen LogP contribution is 2.21. The van der Waals surface area contributed by atoms with E-state index in [1.165, 1.54) is 19.3 Å². The lowest BCUT2D eigenvalue weighted by Gasteiger charge is -2.30. The number of oxime groups is 1. The van der Waals surface area contributed by atoms with Gasteiger partial charge in [-0.05, 0) is 38.3 Å². The molecule has 0 bridgehead atoms. The summed E-state index contributed by atoms with van der Waals surface area (Å²) in [5, 5.41) is 6.33. The van der Waals surface area contributed by atoms with Crippen molar-refractivity contribution >= 4 is 23.7 Å². The van der Waals surface area contributed by atoms with E-state index in [9.17, 15) is 9.59 Å². The quantitative estimate of drug-likeness (QED) is 0.636. The summed E-state index contributed by atoms with van der Waals surface area (Å²) >= 11 is 0. The average molecular weight is 345 g/mol. The third-order valence-corrected chi connectivity index (χ3v) is 4.59. The van der Waals surface area contributed by atoms with Gasteiger partial charge in [-0.3, -0.25) is 9.59 Å². The van der Waals surface area contributed by atoms with E-state index in [1.54, 1.807) is 11.9 Å². The number of nitrogens with zero attached hydrogens (tertiary/aromatic N) is 2. The second kappa shape index (κ2) is 9.20.